The van der Waals surface area contributed by atoms with Gasteiger partial charge >= 0.3 is 0 Å². The normalized spacial score (nSPS) is 15.8. The fraction of sp³-hybridized carbons (Fsp3) is 0.250. The molecule has 9 heteroatoms. The Labute approximate surface area is 142 Å². The van der Waals surface area contributed by atoms with Crippen LogP contribution >= 0.6 is 0 Å². The highest BCUT2D eigenvalue weighted by Gasteiger charge is 2.27. The van der Waals surface area contributed by atoms with E-state index in [-0.39, 0.29) is 19.1 Å². The summed E-state index contributed by atoms with van der Waals surface area (Å²) in [5.41, 5.74) is 0.566. The minimum atomic E-state index is -0.725. The first kappa shape index (κ1) is 15.2. The van der Waals surface area contributed by atoms with Gasteiger partial charge in [0.25, 0.3) is 5.91 Å². The lowest BCUT2D eigenvalue weighted by Crippen LogP contribution is -2.43. The topological polar surface area (TPSA) is 99.9 Å². The van der Waals surface area contributed by atoms with Gasteiger partial charge in [0, 0.05) is 6.07 Å². The van der Waals surface area contributed by atoms with Crippen LogP contribution < -0.4 is 19.5 Å². The maximum absolute atomic E-state index is 12.3. The quantitative estimate of drug-likeness (QED) is 0.741. The third kappa shape index (κ3) is 2.91. The molecule has 3 aromatic rings. The highest BCUT2D eigenvalue weighted by molar-refractivity contribution is 5.81. The number of hydrogen-bond donors (Lipinski definition) is 1. The number of nitrogens with zero attached hydrogens (tertiary/aromatic N) is 4. The number of nitrogens with one attached hydrogen (secondary N) is 1. The first-order valence-corrected chi connectivity index (χ1v) is 7.66. The van der Waals surface area contributed by atoms with E-state index in [2.05, 4.69) is 20.6 Å². The molecule has 0 radical (unpaired) electrons. The number of hydrogen-bond acceptors (Lipinski definition) is 7. The first-order valence-electron chi connectivity index (χ1n) is 7.66. The van der Waals surface area contributed by atoms with E-state index in [1.807, 2.05) is 12.1 Å². The summed E-state index contributed by atoms with van der Waals surface area (Å²) < 4.78 is 17.8. The highest BCUT2D eigenvalue weighted by Crippen LogP contribution is 2.30. The minimum Gasteiger partial charge on any atom is -0.485 e. The van der Waals surface area contributed by atoms with Crippen LogP contribution in [-0.2, 0) is 11.3 Å². The summed E-state index contributed by atoms with van der Waals surface area (Å²) in [6.45, 7) is 0.303. The van der Waals surface area contributed by atoms with Crippen molar-refractivity contribution in [3.63, 3.8) is 0 Å². The van der Waals surface area contributed by atoms with E-state index in [1.54, 1.807) is 24.3 Å². The Morgan fingerprint density at radius 2 is 2.12 bits per heavy atom. The van der Waals surface area contributed by atoms with Gasteiger partial charge in [-0.15, -0.1) is 15.3 Å². The average molecular weight is 341 g/mol. The third-order valence-corrected chi connectivity index (χ3v) is 3.73. The van der Waals surface area contributed by atoms with E-state index in [0.717, 1.165) is 0 Å². The number of para-hydroxylation sites is 2. The molecule has 4 rings (SSSR count). The summed E-state index contributed by atoms with van der Waals surface area (Å²) in [6.07, 6.45) is -0.725. The van der Waals surface area contributed by atoms with E-state index >= 15 is 0 Å². The van der Waals surface area contributed by atoms with Gasteiger partial charge in [0.1, 0.15) is 6.61 Å². The van der Waals surface area contributed by atoms with Crippen molar-refractivity contribution in [2.75, 3.05) is 13.7 Å². The maximum Gasteiger partial charge on any atom is 0.265 e. The van der Waals surface area contributed by atoms with Gasteiger partial charge in [0.05, 0.1) is 13.7 Å². The largest absolute Gasteiger partial charge is 0.485 e. The van der Waals surface area contributed by atoms with E-state index in [1.165, 1.54) is 11.6 Å². The minimum absolute atomic E-state index is 0.148. The van der Waals surface area contributed by atoms with Crippen molar-refractivity contribution in [2.24, 2.45) is 0 Å². The van der Waals surface area contributed by atoms with Crippen LogP contribution in [0.15, 0.2) is 36.4 Å². The van der Waals surface area contributed by atoms with Crippen LogP contribution in [0.3, 0.4) is 0 Å². The van der Waals surface area contributed by atoms with Gasteiger partial charge in [0.2, 0.25) is 12.0 Å². The zero-order chi connectivity index (χ0) is 17.2. The molecule has 0 saturated heterocycles. The summed E-state index contributed by atoms with van der Waals surface area (Å²) >= 11 is 0. The Morgan fingerprint density at radius 3 is 2.96 bits per heavy atom. The molecule has 0 fully saturated rings. The number of ether oxygens (including phenoxy) is 3. The molecule has 0 aliphatic carbocycles. The molecule has 0 bridgehead atoms. The molecule has 2 aromatic heterocycles. The number of carbonyl (C=O) groups is 1. The molecule has 1 aromatic carbocycles. The van der Waals surface area contributed by atoms with Crippen molar-refractivity contribution in [1.82, 2.24) is 25.1 Å². The Bertz CT molecular complexity index is 926. The standard InChI is InChI=1S/C16H15N5O4/c1-23-15-7-6-13-18-19-14(21(13)20-15)8-17-16(22)12-9-24-10-4-2-3-5-11(10)25-12/h2-7,12H,8-9H2,1H3,(H,17,22). The van der Waals surface area contributed by atoms with E-state index in [4.69, 9.17) is 14.2 Å². The van der Waals surface area contributed by atoms with Crippen LogP contribution in [0.1, 0.15) is 5.82 Å². The predicted octanol–water partition coefficient (Wildman–Crippen LogP) is 0.589. The Hall–Kier alpha value is -3.36. The number of fused-ring (bicyclic) bond motifs is 2. The van der Waals surface area contributed by atoms with Crippen molar-refractivity contribution in [1.29, 1.82) is 0 Å². The fourth-order valence-corrected chi connectivity index (χ4v) is 2.46. The summed E-state index contributed by atoms with van der Waals surface area (Å²) in [4.78, 5) is 12.3. The number of benzene rings is 1. The molecule has 128 valence electrons. The van der Waals surface area contributed by atoms with Gasteiger partial charge in [-0.2, -0.15) is 4.52 Å². The van der Waals surface area contributed by atoms with Crippen molar-refractivity contribution < 1.29 is 19.0 Å². The van der Waals surface area contributed by atoms with E-state index in [9.17, 15) is 4.79 Å². The lowest BCUT2D eigenvalue weighted by Gasteiger charge is -2.25. The lowest BCUT2D eigenvalue weighted by atomic mass is 10.2. The van der Waals surface area contributed by atoms with E-state index in [0.29, 0.717) is 28.9 Å². The molecule has 1 atom stereocenters. The van der Waals surface area contributed by atoms with Crippen LogP contribution in [0, 0.1) is 0 Å². The van der Waals surface area contributed by atoms with Crippen molar-refractivity contribution >= 4 is 11.6 Å². The van der Waals surface area contributed by atoms with Crippen molar-refractivity contribution in [2.45, 2.75) is 12.6 Å². The Morgan fingerprint density at radius 1 is 1.28 bits per heavy atom. The molecule has 25 heavy (non-hydrogen) atoms. The van der Waals surface area contributed by atoms with Crippen LogP contribution in [0.2, 0.25) is 0 Å². The van der Waals surface area contributed by atoms with Crippen molar-refractivity contribution in [3.8, 4) is 17.4 Å². The number of methoxy groups -OCH3 is 1. The molecule has 0 spiro atoms. The lowest BCUT2D eigenvalue weighted by molar-refractivity contribution is -0.130. The zero-order valence-corrected chi connectivity index (χ0v) is 13.4. The summed E-state index contributed by atoms with van der Waals surface area (Å²) in [7, 11) is 1.53. The Kier molecular flexibility index (Phi) is 3.81. The maximum atomic E-state index is 12.3. The molecule has 1 unspecified atom stereocenters. The second-order valence-electron chi connectivity index (χ2n) is 5.34. The van der Waals surface area contributed by atoms with Gasteiger partial charge in [0.15, 0.2) is 23.0 Å². The predicted molar refractivity (Wildman–Crippen MR) is 85.5 cm³/mol. The monoisotopic (exact) mass is 341 g/mol. The van der Waals surface area contributed by atoms with Crippen LogP contribution in [-0.4, -0.2) is 45.5 Å². The zero-order valence-electron chi connectivity index (χ0n) is 13.4. The van der Waals surface area contributed by atoms with Gasteiger partial charge < -0.3 is 19.5 Å². The molecule has 1 N–H and O–H groups in total. The summed E-state index contributed by atoms with van der Waals surface area (Å²) in [6, 6.07) is 10.7. The summed E-state index contributed by atoms with van der Waals surface area (Å²) in [5, 5.41) is 15.0. The van der Waals surface area contributed by atoms with E-state index < -0.39 is 6.10 Å². The summed E-state index contributed by atoms with van der Waals surface area (Å²) in [5.74, 6) is 1.80. The first-order chi connectivity index (χ1) is 12.2. The molecule has 9 nitrogen and oxygen atoms in total. The Balaban J connectivity index is 1.44. The second-order valence-corrected chi connectivity index (χ2v) is 5.34. The average Bonchev–Trinajstić information content (AvgIpc) is 3.07. The second kappa shape index (κ2) is 6.27. The molecule has 1 aliphatic heterocycles. The number of aromatic nitrogens is 4. The molecule has 3 heterocycles. The number of carbonyl (C=O) groups excluding carboxylic acids is 1. The number of amides is 1. The fourth-order valence-electron chi connectivity index (χ4n) is 2.46. The number of rotatable bonds is 4. The molecule has 0 saturated carbocycles. The van der Waals surface area contributed by atoms with Gasteiger partial charge in [-0.1, -0.05) is 12.1 Å². The van der Waals surface area contributed by atoms with Crippen LogP contribution in [0.4, 0.5) is 0 Å². The van der Waals surface area contributed by atoms with Gasteiger partial charge in [-0.3, -0.25) is 4.79 Å². The van der Waals surface area contributed by atoms with Crippen LogP contribution in [0.25, 0.3) is 5.65 Å². The molecule has 1 amide bonds. The smallest absolute Gasteiger partial charge is 0.265 e. The van der Waals surface area contributed by atoms with Gasteiger partial charge in [-0.05, 0) is 18.2 Å². The van der Waals surface area contributed by atoms with Crippen molar-refractivity contribution in [3.05, 3.63) is 42.2 Å². The molecule has 1 aliphatic rings. The molecular formula is C16H15N5O4. The highest BCUT2D eigenvalue weighted by atomic mass is 16.6. The SMILES string of the molecule is COc1ccc2nnc(CNC(=O)C3COc4ccccc4O3)n2n1. The van der Waals surface area contributed by atoms with Gasteiger partial charge in [-0.25, -0.2) is 0 Å². The van der Waals surface area contributed by atoms with Crippen LogP contribution in [0.5, 0.6) is 17.4 Å². The third-order valence-electron chi connectivity index (χ3n) is 3.73. The molecular weight excluding hydrogens is 326 g/mol.